The van der Waals surface area contributed by atoms with E-state index >= 15 is 0 Å². The van der Waals surface area contributed by atoms with Gasteiger partial charge in [0.25, 0.3) is 0 Å². The molecule has 20 heavy (non-hydrogen) atoms. The zero-order chi connectivity index (χ0) is 14.6. The minimum Gasteiger partial charge on any atom is -0.483 e. The first-order valence-electron chi connectivity index (χ1n) is 7.11. The Labute approximate surface area is 120 Å². The van der Waals surface area contributed by atoms with Gasteiger partial charge in [-0.2, -0.15) is 0 Å². The minimum absolute atomic E-state index is 0.0794. The summed E-state index contributed by atoms with van der Waals surface area (Å²) in [5, 5.41) is 0. The molecular weight excluding hydrogens is 256 g/mol. The number of benzene rings is 1. The molecule has 1 aromatic carbocycles. The number of ether oxygens (including phenoxy) is 3. The molecule has 0 spiro atoms. The van der Waals surface area contributed by atoms with Crippen molar-refractivity contribution in [3.8, 4) is 11.5 Å². The molecule has 1 aliphatic heterocycles. The summed E-state index contributed by atoms with van der Waals surface area (Å²) in [5.74, 6) is 1.02. The van der Waals surface area contributed by atoms with Crippen molar-refractivity contribution in [2.24, 2.45) is 0 Å². The van der Waals surface area contributed by atoms with Gasteiger partial charge in [0.15, 0.2) is 18.1 Å². The van der Waals surface area contributed by atoms with Crippen molar-refractivity contribution in [2.75, 3.05) is 13.2 Å². The first kappa shape index (κ1) is 14.7. The van der Waals surface area contributed by atoms with E-state index in [9.17, 15) is 4.79 Å². The summed E-state index contributed by atoms with van der Waals surface area (Å²) in [7, 11) is 0. The quantitative estimate of drug-likeness (QED) is 0.592. The molecule has 0 saturated carbocycles. The Hall–Kier alpha value is -1.71. The number of unbranched alkanes of at least 4 members (excludes halogenated alkanes) is 1. The van der Waals surface area contributed by atoms with E-state index in [1.54, 1.807) is 0 Å². The van der Waals surface area contributed by atoms with E-state index in [-0.39, 0.29) is 18.2 Å². The van der Waals surface area contributed by atoms with Crippen LogP contribution in [0.3, 0.4) is 0 Å². The van der Waals surface area contributed by atoms with E-state index in [0.29, 0.717) is 12.4 Å². The Balaban J connectivity index is 1.92. The molecule has 4 nitrogen and oxygen atoms in total. The van der Waals surface area contributed by atoms with E-state index in [1.165, 1.54) is 0 Å². The van der Waals surface area contributed by atoms with Crippen molar-refractivity contribution in [3.63, 3.8) is 0 Å². The summed E-state index contributed by atoms with van der Waals surface area (Å²) in [6.07, 6.45) is 2.73. The standard InChI is InChI=1S/C16H22O4/c1-4-5-9-18-14(17)11-19-13-8-6-7-12-10-16(2,3)20-15(12)13/h6-8H,4-5,9-11H2,1-3H3. The van der Waals surface area contributed by atoms with E-state index < -0.39 is 0 Å². The highest BCUT2D eigenvalue weighted by Gasteiger charge is 2.32. The van der Waals surface area contributed by atoms with Crippen LogP contribution < -0.4 is 9.47 Å². The predicted molar refractivity (Wildman–Crippen MR) is 76.2 cm³/mol. The Bertz CT molecular complexity index is 479. The molecule has 0 amide bonds. The number of fused-ring (bicyclic) bond motifs is 1. The molecule has 0 radical (unpaired) electrons. The molecule has 0 aliphatic carbocycles. The summed E-state index contributed by atoms with van der Waals surface area (Å²) in [4.78, 5) is 11.5. The molecule has 0 saturated heterocycles. The van der Waals surface area contributed by atoms with Crippen molar-refractivity contribution in [2.45, 2.75) is 45.6 Å². The lowest BCUT2D eigenvalue weighted by molar-refractivity contribution is -0.146. The van der Waals surface area contributed by atoms with Gasteiger partial charge in [-0.25, -0.2) is 4.79 Å². The molecule has 110 valence electrons. The number of carbonyl (C=O) groups excluding carboxylic acids is 1. The number of carbonyl (C=O) groups is 1. The second-order valence-corrected chi connectivity index (χ2v) is 5.65. The zero-order valence-corrected chi connectivity index (χ0v) is 12.4. The second kappa shape index (κ2) is 6.16. The molecular formula is C16H22O4. The third-order valence-electron chi connectivity index (χ3n) is 3.16. The van der Waals surface area contributed by atoms with E-state index in [4.69, 9.17) is 14.2 Å². The van der Waals surface area contributed by atoms with Crippen molar-refractivity contribution >= 4 is 5.97 Å². The summed E-state index contributed by atoms with van der Waals surface area (Å²) in [6.45, 7) is 6.50. The van der Waals surface area contributed by atoms with Gasteiger partial charge in [0.2, 0.25) is 0 Å². The SMILES string of the molecule is CCCCOC(=O)COc1cccc2c1OC(C)(C)C2. The van der Waals surface area contributed by atoms with Gasteiger partial charge in [-0.05, 0) is 26.3 Å². The number of rotatable bonds is 6. The number of para-hydroxylation sites is 1. The van der Waals surface area contributed by atoms with Crippen molar-refractivity contribution in [1.82, 2.24) is 0 Å². The topological polar surface area (TPSA) is 44.8 Å². The first-order valence-corrected chi connectivity index (χ1v) is 7.11. The number of hydrogen-bond donors (Lipinski definition) is 0. The molecule has 1 aliphatic rings. The Morgan fingerprint density at radius 3 is 2.95 bits per heavy atom. The maximum atomic E-state index is 11.5. The maximum absolute atomic E-state index is 11.5. The molecule has 1 heterocycles. The van der Waals surface area contributed by atoms with Crippen molar-refractivity contribution in [3.05, 3.63) is 23.8 Å². The first-order chi connectivity index (χ1) is 9.52. The van der Waals surface area contributed by atoms with Crippen LogP contribution in [0.25, 0.3) is 0 Å². The Morgan fingerprint density at radius 1 is 1.40 bits per heavy atom. The van der Waals surface area contributed by atoms with Crippen LogP contribution in [0, 0.1) is 0 Å². The molecule has 0 aromatic heterocycles. The van der Waals surface area contributed by atoms with Crippen LogP contribution in [-0.2, 0) is 16.0 Å². The van der Waals surface area contributed by atoms with Gasteiger partial charge in [-0.3, -0.25) is 0 Å². The normalized spacial score (nSPS) is 15.3. The van der Waals surface area contributed by atoms with Crippen LogP contribution in [0.5, 0.6) is 11.5 Å². The van der Waals surface area contributed by atoms with Crippen LogP contribution in [-0.4, -0.2) is 24.8 Å². The molecule has 0 fully saturated rings. The monoisotopic (exact) mass is 278 g/mol. The third kappa shape index (κ3) is 3.65. The number of esters is 1. The summed E-state index contributed by atoms with van der Waals surface area (Å²) < 4.78 is 16.5. The van der Waals surface area contributed by atoms with E-state index in [0.717, 1.165) is 30.6 Å². The molecule has 4 heteroatoms. The summed E-state index contributed by atoms with van der Waals surface area (Å²) in [5.41, 5.74) is 0.899. The third-order valence-corrected chi connectivity index (χ3v) is 3.16. The van der Waals surface area contributed by atoms with Crippen LogP contribution in [0.15, 0.2) is 18.2 Å². The van der Waals surface area contributed by atoms with Gasteiger partial charge in [-0.1, -0.05) is 25.5 Å². The highest BCUT2D eigenvalue weighted by molar-refractivity contribution is 5.71. The predicted octanol–water partition coefficient (Wildman–Crippen LogP) is 3.12. The minimum atomic E-state index is -0.340. The van der Waals surface area contributed by atoms with Gasteiger partial charge in [-0.15, -0.1) is 0 Å². The molecule has 2 rings (SSSR count). The van der Waals surface area contributed by atoms with Gasteiger partial charge in [0, 0.05) is 12.0 Å². The van der Waals surface area contributed by atoms with E-state index in [2.05, 4.69) is 6.92 Å². The lowest BCUT2D eigenvalue weighted by Crippen LogP contribution is -2.24. The van der Waals surface area contributed by atoms with Crippen molar-refractivity contribution in [1.29, 1.82) is 0 Å². The largest absolute Gasteiger partial charge is 0.483 e. The Kier molecular flexibility index (Phi) is 4.53. The summed E-state index contributed by atoms with van der Waals surface area (Å²) in [6, 6.07) is 5.76. The fourth-order valence-corrected chi connectivity index (χ4v) is 2.21. The van der Waals surface area contributed by atoms with Gasteiger partial charge >= 0.3 is 5.97 Å². The fourth-order valence-electron chi connectivity index (χ4n) is 2.21. The molecule has 0 bridgehead atoms. The highest BCUT2D eigenvalue weighted by atomic mass is 16.6. The van der Waals surface area contributed by atoms with Gasteiger partial charge < -0.3 is 14.2 Å². The van der Waals surface area contributed by atoms with Crippen LogP contribution in [0.1, 0.15) is 39.2 Å². The molecule has 0 N–H and O–H groups in total. The van der Waals surface area contributed by atoms with Gasteiger partial charge in [0.05, 0.1) is 6.61 Å². The van der Waals surface area contributed by atoms with Crippen molar-refractivity contribution < 1.29 is 19.0 Å². The number of hydrogen-bond acceptors (Lipinski definition) is 4. The second-order valence-electron chi connectivity index (χ2n) is 5.65. The molecule has 0 unspecified atom stereocenters. The average molecular weight is 278 g/mol. The molecule has 1 aromatic rings. The molecule has 0 atom stereocenters. The Morgan fingerprint density at radius 2 is 2.20 bits per heavy atom. The average Bonchev–Trinajstić information content (AvgIpc) is 2.71. The smallest absolute Gasteiger partial charge is 0.344 e. The lowest BCUT2D eigenvalue weighted by Gasteiger charge is -2.18. The highest BCUT2D eigenvalue weighted by Crippen LogP contribution is 2.41. The maximum Gasteiger partial charge on any atom is 0.344 e. The zero-order valence-electron chi connectivity index (χ0n) is 12.4. The fraction of sp³-hybridized carbons (Fsp3) is 0.562. The van der Waals surface area contributed by atoms with E-state index in [1.807, 2.05) is 32.0 Å². The summed E-state index contributed by atoms with van der Waals surface area (Å²) >= 11 is 0. The van der Waals surface area contributed by atoms with Crippen LogP contribution in [0.4, 0.5) is 0 Å². The van der Waals surface area contributed by atoms with Crippen LogP contribution >= 0.6 is 0 Å². The van der Waals surface area contributed by atoms with Gasteiger partial charge in [0.1, 0.15) is 5.60 Å². The van der Waals surface area contributed by atoms with Crippen LogP contribution in [0.2, 0.25) is 0 Å². The lowest BCUT2D eigenvalue weighted by atomic mass is 10.0.